The lowest BCUT2D eigenvalue weighted by atomic mass is 10.3. The molecular weight excluding hydrogens is 336 g/mol. The Kier molecular flexibility index (Phi) is 3.30. The summed E-state index contributed by atoms with van der Waals surface area (Å²) >= 11 is 3.35. The first-order valence-corrected chi connectivity index (χ1v) is 6.89. The van der Waals surface area contributed by atoms with Gasteiger partial charge in [0.15, 0.2) is 17.2 Å². The monoisotopic (exact) mass is 346 g/mol. The highest BCUT2D eigenvalue weighted by Crippen LogP contribution is 2.28. The maximum Gasteiger partial charge on any atom is 0.251 e. The molecule has 0 atom stereocenters. The van der Waals surface area contributed by atoms with Crippen LogP contribution in [0.2, 0.25) is 0 Å². The van der Waals surface area contributed by atoms with E-state index in [0.717, 1.165) is 4.47 Å². The number of halogens is 1. The lowest BCUT2D eigenvalue weighted by Crippen LogP contribution is -2.09. The third-order valence-corrected chi connectivity index (χ3v) is 3.42. The summed E-state index contributed by atoms with van der Waals surface area (Å²) in [6.45, 7) is 1.77. The van der Waals surface area contributed by atoms with Crippen LogP contribution in [-0.4, -0.2) is 14.6 Å². The molecule has 0 fully saturated rings. The van der Waals surface area contributed by atoms with Gasteiger partial charge in [-0.25, -0.2) is 4.52 Å². The number of hydrogen-bond donors (Lipinski definition) is 2. The van der Waals surface area contributed by atoms with Gasteiger partial charge in [0.05, 0.1) is 5.69 Å². The lowest BCUT2D eigenvalue weighted by Gasteiger charge is -1.97. The van der Waals surface area contributed by atoms with Gasteiger partial charge in [-0.2, -0.15) is 5.11 Å². The zero-order valence-corrected chi connectivity index (χ0v) is 12.6. The molecule has 1 aromatic carbocycles. The van der Waals surface area contributed by atoms with Crippen LogP contribution in [0, 0.1) is 6.92 Å². The second-order valence-electron chi connectivity index (χ2n) is 4.45. The first kappa shape index (κ1) is 13.5. The van der Waals surface area contributed by atoms with Crippen molar-refractivity contribution in [1.82, 2.24) is 14.6 Å². The molecule has 0 amide bonds. The molecular formula is C13H11BrN6O. The molecule has 7 nitrogen and oxygen atoms in total. The van der Waals surface area contributed by atoms with Gasteiger partial charge < -0.3 is 10.7 Å². The van der Waals surface area contributed by atoms with Crippen molar-refractivity contribution in [3.05, 3.63) is 50.9 Å². The largest absolute Gasteiger partial charge is 0.380 e. The fourth-order valence-corrected chi connectivity index (χ4v) is 2.18. The van der Waals surface area contributed by atoms with Gasteiger partial charge in [0.1, 0.15) is 0 Å². The minimum absolute atomic E-state index is 0.209. The number of nitrogens with two attached hydrogens (primary N) is 1. The van der Waals surface area contributed by atoms with Crippen molar-refractivity contribution in [2.75, 3.05) is 5.73 Å². The zero-order valence-electron chi connectivity index (χ0n) is 11.0. The van der Waals surface area contributed by atoms with E-state index in [0.29, 0.717) is 22.7 Å². The molecule has 0 radical (unpaired) electrons. The molecule has 0 unspecified atom stereocenters. The van der Waals surface area contributed by atoms with E-state index < -0.39 is 0 Å². The number of nitrogen functional groups attached to an aromatic ring is 1. The normalized spacial score (nSPS) is 11.5. The van der Waals surface area contributed by atoms with Gasteiger partial charge in [-0.15, -0.1) is 10.2 Å². The standard InChI is InChI=1S/C13H11BrN6O/c1-7-6-10(21)16-13-11(12(15)19-20(7)13)18-17-9-4-2-8(14)3-5-9/h2-6H,1H3,(H2,15,19)(H,16,21). The first-order chi connectivity index (χ1) is 10.0. The van der Waals surface area contributed by atoms with Crippen LogP contribution in [0.15, 0.2) is 49.8 Å². The van der Waals surface area contributed by atoms with E-state index in [1.165, 1.54) is 10.6 Å². The maximum absolute atomic E-state index is 11.6. The topological polar surface area (TPSA) is 101 Å². The molecule has 0 aliphatic heterocycles. The predicted octanol–water partition coefficient (Wildman–Crippen LogP) is 3.09. The Morgan fingerprint density at radius 1 is 1.29 bits per heavy atom. The van der Waals surface area contributed by atoms with Crippen LogP contribution >= 0.6 is 15.9 Å². The van der Waals surface area contributed by atoms with Gasteiger partial charge in [0.25, 0.3) is 5.56 Å². The Morgan fingerprint density at radius 3 is 2.71 bits per heavy atom. The van der Waals surface area contributed by atoms with Crippen LogP contribution in [0.25, 0.3) is 5.65 Å². The number of nitrogens with zero attached hydrogens (tertiary/aromatic N) is 4. The van der Waals surface area contributed by atoms with Crippen molar-refractivity contribution >= 4 is 38.8 Å². The van der Waals surface area contributed by atoms with Crippen molar-refractivity contribution in [3.63, 3.8) is 0 Å². The van der Waals surface area contributed by atoms with Crippen LogP contribution < -0.4 is 11.3 Å². The summed E-state index contributed by atoms with van der Waals surface area (Å²) in [5.74, 6) is 0.209. The van der Waals surface area contributed by atoms with E-state index in [-0.39, 0.29) is 11.4 Å². The number of azo groups is 1. The Balaban J connectivity index is 2.10. The Morgan fingerprint density at radius 2 is 2.00 bits per heavy atom. The lowest BCUT2D eigenvalue weighted by molar-refractivity contribution is 0.891. The van der Waals surface area contributed by atoms with E-state index in [1.54, 1.807) is 6.92 Å². The highest BCUT2D eigenvalue weighted by Gasteiger charge is 2.12. The summed E-state index contributed by atoms with van der Waals surface area (Å²) in [7, 11) is 0. The maximum atomic E-state index is 11.6. The van der Waals surface area contributed by atoms with Crippen LogP contribution in [-0.2, 0) is 0 Å². The number of hydrogen-bond acceptors (Lipinski definition) is 5. The second-order valence-corrected chi connectivity index (χ2v) is 5.36. The van der Waals surface area contributed by atoms with E-state index in [1.807, 2.05) is 24.3 Å². The summed E-state index contributed by atoms with van der Waals surface area (Å²) < 4.78 is 2.49. The van der Waals surface area contributed by atoms with Crippen LogP contribution in [0.4, 0.5) is 17.2 Å². The molecule has 0 aliphatic rings. The van der Waals surface area contributed by atoms with Crippen molar-refractivity contribution in [3.8, 4) is 0 Å². The number of anilines is 1. The van der Waals surface area contributed by atoms with Crippen LogP contribution in [0.1, 0.15) is 5.69 Å². The SMILES string of the molecule is Cc1cc(=O)[nH]c2c(N=Nc3ccc(Br)cc3)c(N)nn12. The molecule has 0 bridgehead atoms. The molecule has 21 heavy (non-hydrogen) atoms. The fourth-order valence-electron chi connectivity index (χ4n) is 1.91. The molecule has 3 rings (SSSR count). The Bertz CT molecular complexity index is 893. The number of aromatic nitrogens is 3. The smallest absolute Gasteiger partial charge is 0.251 e. The average Bonchev–Trinajstić information content (AvgIpc) is 2.75. The summed E-state index contributed by atoms with van der Waals surface area (Å²) in [5.41, 5.74) is 7.73. The van der Waals surface area contributed by atoms with Crippen molar-refractivity contribution in [1.29, 1.82) is 0 Å². The second kappa shape index (κ2) is 5.13. The van der Waals surface area contributed by atoms with Gasteiger partial charge in [-0.3, -0.25) is 4.79 Å². The Hall–Kier alpha value is -2.48. The highest BCUT2D eigenvalue weighted by atomic mass is 79.9. The van der Waals surface area contributed by atoms with Crippen molar-refractivity contribution < 1.29 is 0 Å². The van der Waals surface area contributed by atoms with Gasteiger partial charge in [0.2, 0.25) is 0 Å². The van der Waals surface area contributed by atoms with Gasteiger partial charge in [0, 0.05) is 16.2 Å². The summed E-state index contributed by atoms with van der Waals surface area (Å²) in [6.07, 6.45) is 0. The van der Waals surface area contributed by atoms with E-state index >= 15 is 0 Å². The average molecular weight is 347 g/mol. The third kappa shape index (κ3) is 2.57. The van der Waals surface area contributed by atoms with Gasteiger partial charge in [-0.1, -0.05) is 15.9 Å². The fraction of sp³-hybridized carbons (Fsp3) is 0.0769. The molecule has 2 aromatic heterocycles. The van der Waals surface area contributed by atoms with Crippen molar-refractivity contribution in [2.24, 2.45) is 10.2 Å². The first-order valence-electron chi connectivity index (χ1n) is 6.10. The number of rotatable bonds is 2. The quantitative estimate of drug-likeness (QED) is 0.697. The molecule has 0 saturated carbocycles. The summed E-state index contributed by atoms with van der Waals surface area (Å²) in [6, 6.07) is 8.78. The number of aryl methyl sites for hydroxylation is 1. The molecule has 8 heteroatoms. The number of aromatic amines is 1. The van der Waals surface area contributed by atoms with Gasteiger partial charge >= 0.3 is 0 Å². The molecule has 3 N–H and O–H groups in total. The molecule has 2 heterocycles. The van der Waals surface area contributed by atoms with E-state index in [2.05, 4.69) is 36.2 Å². The summed E-state index contributed by atoms with van der Waals surface area (Å²) in [5, 5.41) is 12.4. The Labute approximate surface area is 127 Å². The number of benzene rings is 1. The number of H-pyrrole nitrogens is 1. The number of fused-ring (bicyclic) bond motifs is 1. The van der Waals surface area contributed by atoms with Crippen LogP contribution in [0.3, 0.4) is 0 Å². The third-order valence-electron chi connectivity index (χ3n) is 2.89. The highest BCUT2D eigenvalue weighted by molar-refractivity contribution is 9.10. The summed E-state index contributed by atoms with van der Waals surface area (Å²) in [4.78, 5) is 14.2. The van der Waals surface area contributed by atoms with Gasteiger partial charge in [-0.05, 0) is 31.2 Å². The van der Waals surface area contributed by atoms with Crippen LogP contribution in [0.5, 0.6) is 0 Å². The predicted molar refractivity (Wildman–Crippen MR) is 83.3 cm³/mol. The minimum atomic E-state index is -0.236. The molecule has 3 aromatic rings. The minimum Gasteiger partial charge on any atom is -0.380 e. The van der Waals surface area contributed by atoms with E-state index in [4.69, 9.17) is 5.73 Å². The molecule has 0 spiro atoms. The molecule has 0 aliphatic carbocycles. The van der Waals surface area contributed by atoms with Crippen molar-refractivity contribution in [2.45, 2.75) is 6.92 Å². The van der Waals surface area contributed by atoms with E-state index in [9.17, 15) is 4.79 Å². The zero-order chi connectivity index (χ0) is 15.0. The molecule has 0 saturated heterocycles. The number of nitrogens with one attached hydrogen (secondary N) is 1. The molecule has 106 valence electrons.